The number of ether oxygens (including phenoxy) is 2. The van der Waals surface area contributed by atoms with Crippen LogP contribution in [0.5, 0.6) is 0 Å². The smallest absolute Gasteiger partial charge is 0.220 e. The van der Waals surface area contributed by atoms with Crippen molar-refractivity contribution < 1.29 is 39.8 Å². The predicted octanol–water partition coefficient (Wildman–Crippen LogP) is 11.3. The topological polar surface area (TPSA) is 149 Å². The van der Waals surface area contributed by atoms with Gasteiger partial charge in [-0.2, -0.15) is 0 Å². The Morgan fingerprint density at radius 2 is 0.968 bits per heavy atom. The average Bonchev–Trinajstić information content (AvgIpc) is 3.27. The van der Waals surface area contributed by atoms with Gasteiger partial charge in [-0.05, 0) is 83.5 Å². The fourth-order valence-corrected chi connectivity index (χ4v) is 7.43. The first-order valence-corrected chi connectivity index (χ1v) is 25.2. The van der Waals surface area contributed by atoms with E-state index in [1.165, 1.54) is 89.9 Å². The molecule has 358 valence electrons. The Kier molecular flexibility index (Phi) is 39.6. The molecule has 1 heterocycles. The molecule has 1 aliphatic rings. The van der Waals surface area contributed by atoms with Crippen molar-refractivity contribution in [3.63, 3.8) is 0 Å². The van der Waals surface area contributed by atoms with Gasteiger partial charge >= 0.3 is 0 Å². The van der Waals surface area contributed by atoms with E-state index in [-0.39, 0.29) is 12.5 Å². The summed E-state index contributed by atoms with van der Waals surface area (Å²) in [4.78, 5) is 13.0. The number of aliphatic hydroxyl groups excluding tert-OH is 5. The number of nitrogens with one attached hydrogen (secondary N) is 1. The van der Waals surface area contributed by atoms with Crippen molar-refractivity contribution >= 4 is 5.91 Å². The molecule has 1 aliphatic heterocycles. The SMILES string of the molecule is CCCCC/C=C\C/C=C\C/C=C\CCCCCCCCC(=O)NC(COC1OC(CO)C(O)C(O)C1O)C(O)/C=C/CC/C=C/CC/C=C/CCCCCCCCCCCC. The second kappa shape index (κ2) is 42.6. The number of unbranched alkanes of at least 4 members (excludes halogenated alkanes) is 21. The van der Waals surface area contributed by atoms with E-state index in [9.17, 15) is 30.3 Å². The highest BCUT2D eigenvalue weighted by atomic mass is 16.7. The standard InChI is InChI=1S/C53H93NO8/c1-3-5-7-9-11-13-15-17-19-21-23-25-26-28-30-32-34-36-38-40-42-47(56)46(45-61-53-52(60)51(59)50(58)48(44-55)62-53)54-49(57)43-41-39-37-35-33-31-29-27-24-22-20-18-16-14-12-10-8-6-4-2/h12,14,18,20,24-27,32,34,40,42,46-48,50-53,55-56,58-60H,3-11,13,15-17,19,21-23,28-31,33,35-39,41,43-45H2,1-2H3,(H,54,57)/b14-12-,20-18-,26-25+,27-24-,34-32+,42-40+. The van der Waals surface area contributed by atoms with Gasteiger partial charge in [-0.3, -0.25) is 4.79 Å². The van der Waals surface area contributed by atoms with Crippen molar-refractivity contribution in [3.05, 3.63) is 72.9 Å². The van der Waals surface area contributed by atoms with Gasteiger partial charge in [-0.25, -0.2) is 0 Å². The highest BCUT2D eigenvalue weighted by molar-refractivity contribution is 5.76. The second-order valence-corrected chi connectivity index (χ2v) is 17.2. The first-order valence-electron chi connectivity index (χ1n) is 25.2. The zero-order chi connectivity index (χ0) is 45.1. The van der Waals surface area contributed by atoms with Crippen molar-refractivity contribution in [2.24, 2.45) is 0 Å². The lowest BCUT2D eigenvalue weighted by molar-refractivity contribution is -0.302. The van der Waals surface area contributed by atoms with Crippen molar-refractivity contribution in [1.29, 1.82) is 0 Å². The minimum atomic E-state index is -1.58. The Labute approximate surface area is 378 Å². The lowest BCUT2D eigenvalue weighted by Crippen LogP contribution is -2.60. The summed E-state index contributed by atoms with van der Waals surface area (Å²) < 4.78 is 11.2. The number of amides is 1. The molecule has 0 aromatic carbocycles. The lowest BCUT2D eigenvalue weighted by atomic mass is 9.99. The molecule has 6 N–H and O–H groups in total. The van der Waals surface area contributed by atoms with Gasteiger partial charge in [0.15, 0.2) is 6.29 Å². The van der Waals surface area contributed by atoms with Crippen LogP contribution in [-0.4, -0.2) is 87.5 Å². The molecule has 0 saturated carbocycles. The van der Waals surface area contributed by atoms with Crippen LogP contribution < -0.4 is 5.32 Å². The Balaban J connectivity index is 2.37. The summed E-state index contributed by atoms with van der Waals surface area (Å²) in [5, 5.41) is 54.3. The average molecular weight is 872 g/mol. The van der Waals surface area contributed by atoms with Gasteiger partial charge in [0, 0.05) is 6.42 Å². The number of aliphatic hydroxyl groups is 5. The number of hydrogen-bond donors (Lipinski definition) is 6. The molecular formula is C53H93NO8. The third-order valence-corrected chi connectivity index (χ3v) is 11.5. The summed E-state index contributed by atoms with van der Waals surface area (Å²) in [6, 6.07) is -0.838. The maximum absolute atomic E-state index is 13.0. The highest BCUT2D eigenvalue weighted by Gasteiger charge is 2.44. The summed E-state index contributed by atoms with van der Waals surface area (Å²) in [7, 11) is 0. The number of rotatable bonds is 41. The van der Waals surface area contributed by atoms with Gasteiger partial charge in [0.25, 0.3) is 0 Å². The van der Waals surface area contributed by atoms with E-state index < -0.39 is 49.5 Å². The van der Waals surface area contributed by atoms with E-state index in [0.29, 0.717) is 6.42 Å². The summed E-state index contributed by atoms with van der Waals surface area (Å²) in [6.45, 7) is 3.71. The van der Waals surface area contributed by atoms with Crippen LogP contribution in [0.2, 0.25) is 0 Å². The van der Waals surface area contributed by atoms with Crippen molar-refractivity contribution in [3.8, 4) is 0 Å². The monoisotopic (exact) mass is 872 g/mol. The number of carbonyl (C=O) groups excluding carboxylic acids is 1. The van der Waals surface area contributed by atoms with Gasteiger partial charge in [0.2, 0.25) is 5.91 Å². The third-order valence-electron chi connectivity index (χ3n) is 11.5. The van der Waals surface area contributed by atoms with Crippen LogP contribution in [0.25, 0.3) is 0 Å². The molecule has 0 radical (unpaired) electrons. The van der Waals surface area contributed by atoms with Crippen LogP contribution >= 0.6 is 0 Å². The van der Waals surface area contributed by atoms with Crippen LogP contribution in [-0.2, 0) is 14.3 Å². The van der Waals surface area contributed by atoms with E-state index >= 15 is 0 Å². The Morgan fingerprint density at radius 3 is 1.50 bits per heavy atom. The molecule has 1 saturated heterocycles. The normalized spacial score (nSPS) is 20.9. The molecule has 1 fully saturated rings. The molecule has 0 aliphatic carbocycles. The van der Waals surface area contributed by atoms with Crippen LogP contribution in [0.15, 0.2) is 72.9 Å². The van der Waals surface area contributed by atoms with Gasteiger partial charge in [0.1, 0.15) is 24.4 Å². The number of carbonyl (C=O) groups is 1. The molecule has 0 aromatic heterocycles. The van der Waals surface area contributed by atoms with Gasteiger partial charge in [-0.15, -0.1) is 0 Å². The summed E-state index contributed by atoms with van der Waals surface area (Å²) in [5.41, 5.74) is 0. The Bertz CT molecular complexity index is 1200. The molecule has 9 heteroatoms. The first kappa shape index (κ1) is 57.6. The quantitative estimate of drug-likeness (QED) is 0.0263. The third kappa shape index (κ3) is 32.3. The maximum atomic E-state index is 13.0. The van der Waals surface area contributed by atoms with Crippen molar-refractivity contribution in [2.45, 2.75) is 243 Å². The largest absolute Gasteiger partial charge is 0.394 e. The molecule has 62 heavy (non-hydrogen) atoms. The van der Waals surface area contributed by atoms with Crippen LogP contribution in [0.3, 0.4) is 0 Å². The zero-order valence-corrected chi connectivity index (χ0v) is 39.4. The summed E-state index contributed by atoms with van der Waals surface area (Å²) in [6.07, 6.45) is 50.9. The summed E-state index contributed by atoms with van der Waals surface area (Å²) >= 11 is 0. The lowest BCUT2D eigenvalue weighted by Gasteiger charge is -2.40. The highest BCUT2D eigenvalue weighted by Crippen LogP contribution is 2.22. The van der Waals surface area contributed by atoms with Crippen molar-refractivity contribution in [1.82, 2.24) is 5.32 Å². The molecule has 7 atom stereocenters. The summed E-state index contributed by atoms with van der Waals surface area (Å²) in [5.74, 6) is -0.206. The Morgan fingerprint density at radius 1 is 0.548 bits per heavy atom. The molecule has 1 amide bonds. The van der Waals surface area contributed by atoms with Crippen molar-refractivity contribution in [2.75, 3.05) is 13.2 Å². The molecule has 0 spiro atoms. The Hall–Kier alpha value is -2.37. The minimum Gasteiger partial charge on any atom is -0.394 e. The predicted molar refractivity (Wildman–Crippen MR) is 258 cm³/mol. The zero-order valence-electron chi connectivity index (χ0n) is 39.4. The fraction of sp³-hybridized carbons (Fsp3) is 0.755. The number of allylic oxidation sites excluding steroid dienone is 11. The molecule has 9 nitrogen and oxygen atoms in total. The van der Waals surface area contributed by atoms with Crippen LogP contribution in [0.4, 0.5) is 0 Å². The molecule has 1 rings (SSSR count). The van der Waals surface area contributed by atoms with Crippen LogP contribution in [0, 0.1) is 0 Å². The van der Waals surface area contributed by atoms with Crippen LogP contribution in [0.1, 0.15) is 200 Å². The van der Waals surface area contributed by atoms with E-state index in [1.807, 2.05) is 6.08 Å². The molecular weight excluding hydrogens is 779 g/mol. The number of hydrogen-bond acceptors (Lipinski definition) is 8. The molecule has 7 unspecified atom stereocenters. The van der Waals surface area contributed by atoms with Gasteiger partial charge < -0.3 is 40.3 Å². The maximum Gasteiger partial charge on any atom is 0.220 e. The van der Waals surface area contributed by atoms with E-state index in [4.69, 9.17) is 9.47 Å². The van der Waals surface area contributed by atoms with Gasteiger partial charge in [-0.1, -0.05) is 183 Å². The molecule has 0 bridgehead atoms. The fourth-order valence-electron chi connectivity index (χ4n) is 7.43. The van der Waals surface area contributed by atoms with E-state index in [1.54, 1.807) is 6.08 Å². The van der Waals surface area contributed by atoms with E-state index in [0.717, 1.165) is 89.9 Å². The molecule has 0 aromatic rings. The first-order chi connectivity index (χ1) is 30.3. The van der Waals surface area contributed by atoms with E-state index in [2.05, 4.69) is 79.9 Å². The second-order valence-electron chi connectivity index (χ2n) is 17.2. The van der Waals surface area contributed by atoms with Gasteiger partial charge in [0.05, 0.1) is 25.4 Å². The minimum absolute atomic E-state index is 0.206.